The predicted octanol–water partition coefficient (Wildman–Crippen LogP) is 4.57. The van der Waals surface area contributed by atoms with Crippen LogP contribution in [0, 0.1) is 12.8 Å². The van der Waals surface area contributed by atoms with Gasteiger partial charge in [-0.05, 0) is 49.3 Å². The van der Waals surface area contributed by atoms with Gasteiger partial charge in [0, 0.05) is 30.2 Å². The average Bonchev–Trinajstić information content (AvgIpc) is 3.05. The minimum atomic E-state index is 0.160. The molecule has 0 radical (unpaired) electrons. The van der Waals surface area contributed by atoms with Crippen molar-refractivity contribution >= 4 is 16.8 Å². The largest absolute Gasteiger partial charge is 0.360 e. The Labute approximate surface area is 148 Å². The monoisotopic (exact) mass is 332 g/mol. The fourth-order valence-electron chi connectivity index (χ4n) is 3.87. The SMILES string of the molecule is Cc1ccc2c(C(=O)N3CCC(Cc4ccccc4)CC3)c[nH]c2c1. The van der Waals surface area contributed by atoms with E-state index in [1.165, 1.54) is 11.1 Å². The molecule has 1 amide bonds. The van der Waals surface area contributed by atoms with E-state index in [4.69, 9.17) is 0 Å². The van der Waals surface area contributed by atoms with Crippen LogP contribution in [0.4, 0.5) is 0 Å². The summed E-state index contributed by atoms with van der Waals surface area (Å²) in [7, 11) is 0. The van der Waals surface area contributed by atoms with Crippen LogP contribution in [0.2, 0.25) is 0 Å². The number of hydrogen-bond acceptors (Lipinski definition) is 1. The molecule has 1 aromatic heterocycles. The fraction of sp³-hybridized carbons (Fsp3) is 0.318. The number of amides is 1. The summed E-state index contributed by atoms with van der Waals surface area (Å²) in [6.07, 6.45) is 5.15. The standard InChI is InChI=1S/C22H24N2O/c1-16-7-8-19-20(15-23-21(19)13-16)22(25)24-11-9-18(10-12-24)14-17-5-3-2-4-6-17/h2-8,13,15,18,23H,9-12,14H2,1H3. The molecule has 25 heavy (non-hydrogen) atoms. The lowest BCUT2D eigenvalue weighted by atomic mass is 9.90. The quantitative estimate of drug-likeness (QED) is 0.749. The number of aryl methyl sites for hydroxylation is 1. The van der Waals surface area contributed by atoms with E-state index in [9.17, 15) is 4.79 Å². The molecule has 0 saturated carbocycles. The van der Waals surface area contributed by atoms with Gasteiger partial charge in [0.15, 0.2) is 0 Å². The van der Waals surface area contributed by atoms with Crippen LogP contribution < -0.4 is 0 Å². The number of nitrogens with one attached hydrogen (secondary N) is 1. The van der Waals surface area contributed by atoms with Gasteiger partial charge in [-0.1, -0.05) is 42.5 Å². The van der Waals surface area contributed by atoms with Crippen molar-refractivity contribution in [3.05, 3.63) is 71.4 Å². The number of benzene rings is 2. The summed E-state index contributed by atoms with van der Waals surface area (Å²) < 4.78 is 0. The van der Waals surface area contributed by atoms with Gasteiger partial charge >= 0.3 is 0 Å². The molecule has 4 rings (SSSR count). The molecule has 0 spiro atoms. The van der Waals surface area contributed by atoms with Crippen LogP contribution >= 0.6 is 0 Å². The molecular formula is C22H24N2O. The molecule has 128 valence electrons. The maximum Gasteiger partial charge on any atom is 0.256 e. The first-order chi connectivity index (χ1) is 12.2. The van der Waals surface area contributed by atoms with Gasteiger partial charge in [-0.2, -0.15) is 0 Å². The first-order valence-electron chi connectivity index (χ1n) is 9.11. The normalized spacial score (nSPS) is 15.6. The summed E-state index contributed by atoms with van der Waals surface area (Å²) in [5.41, 5.74) is 4.45. The Hall–Kier alpha value is -2.55. The number of hydrogen-bond donors (Lipinski definition) is 1. The highest BCUT2D eigenvalue weighted by Gasteiger charge is 2.25. The molecule has 3 aromatic rings. The van der Waals surface area contributed by atoms with Crippen molar-refractivity contribution in [3.63, 3.8) is 0 Å². The van der Waals surface area contributed by atoms with E-state index in [0.717, 1.165) is 48.8 Å². The Balaban J connectivity index is 1.42. The number of fused-ring (bicyclic) bond motifs is 1. The molecule has 3 nitrogen and oxygen atoms in total. The summed E-state index contributed by atoms with van der Waals surface area (Å²) >= 11 is 0. The Morgan fingerprint density at radius 1 is 1.12 bits per heavy atom. The summed E-state index contributed by atoms with van der Waals surface area (Å²) in [5.74, 6) is 0.838. The summed E-state index contributed by atoms with van der Waals surface area (Å²) in [6, 6.07) is 16.9. The van der Waals surface area contributed by atoms with Crippen LogP contribution in [0.1, 0.15) is 34.3 Å². The summed E-state index contributed by atoms with van der Waals surface area (Å²) in [6.45, 7) is 3.78. The van der Waals surface area contributed by atoms with Gasteiger partial charge in [0.1, 0.15) is 0 Å². The van der Waals surface area contributed by atoms with Gasteiger partial charge in [-0.3, -0.25) is 4.79 Å². The third-order valence-electron chi connectivity index (χ3n) is 5.34. The third kappa shape index (κ3) is 3.32. The third-order valence-corrected chi connectivity index (χ3v) is 5.34. The van der Waals surface area contributed by atoms with E-state index in [0.29, 0.717) is 5.92 Å². The number of likely N-dealkylation sites (tertiary alicyclic amines) is 1. The second kappa shape index (κ2) is 6.75. The number of aromatic amines is 1. The van der Waals surface area contributed by atoms with Gasteiger partial charge in [0.05, 0.1) is 5.56 Å². The number of carbonyl (C=O) groups is 1. The van der Waals surface area contributed by atoms with E-state index in [1.54, 1.807) is 0 Å². The maximum absolute atomic E-state index is 12.9. The van der Waals surface area contributed by atoms with Gasteiger partial charge in [0.2, 0.25) is 0 Å². The number of piperidine rings is 1. The molecule has 1 saturated heterocycles. The molecule has 1 N–H and O–H groups in total. The van der Waals surface area contributed by atoms with Crippen molar-refractivity contribution in [1.82, 2.24) is 9.88 Å². The highest BCUT2D eigenvalue weighted by Crippen LogP contribution is 2.25. The average molecular weight is 332 g/mol. The molecule has 0 bridgehead atoms. The topological polar surface area (TPSA) is 36.1 Å². The molecule has 0 atom stereocenters. The van der Waals surface area contributed by atoms with Crippen LogP contribution in [-0.2, 0) is 6.42 Å². The number of nitrogens with zero attached hydrogens (tertiary/aromatic N) is 1. The van der Waals surface area contributed by atoms with Crippen molar-refractivity contribution in [3.8, 4) is 0 Å². The van der Waals surface area contributed by atoms with Crippen molar-refractivity contribution in [2.75, 3.05) is 13.1 Å². The van der Waals surface area contributed by atoms with Crippen molar-refractivity contribution in [2.45, 2.75) is 26.2 Å². The Morgan fingerprint density at radius 3 is 2.64 bits per heavy atom. The lowest BCUT2D eigenvalue weighted by Gasteiger charge is -2.32. The zero-order valence-corrected chi connectivity index (χ0v) is 14.7. The lowest BCUT2D eigenvalue weighted by Crippen LogP contribution is -2.38. The van der Waals surface area contributed by atoms with Crippen LogP contribution in [0.15, 0.2) is 54.7 Å². The molecule has 0 aliphatic carbocycles. The highest BCUT2D eigenvalue weighted by molar-refractivity contribution is 6.06. The van der Waals surface area contributed by atoms with Crippen LogP contribution in [0.5, 0.6) is 0 Å². The molecule has 2 aromatic carbocycles. The van der Waals surface area contributed by atoms with E-state index in [2.05, 4.69) is 60.4 Å². The van der Waals surface area contributed by atoms with Crippen molar-refractivity contribution < 1.29 is 4.79 Å². The molecule has 3 heteroatoms. The van der Waals surface area contributed by atoms with E-state index in [1.807, 2.05) is 11.1 Å². The zero-order chi connectivity index (χ0) is 17.2. The summed E-state index contributed by atoms with van der Waals surface area (Å²) in [4.78, 5) is 18.2. The predicted molar refractivity (Wildman–Crippen MR) is 102 cm³/mol. The Kier molecular flexibility index (Phi) is 4.31. The number of aromatic nitrogens is 1. The fourth-order valence-corrected chi connectivity index (χ4v) is 3.87. The highest BCUT2D eigenvalue weighted by atomic mass is 16.2. The van der Waals surface area contributed by atoms with Gasteiger partial charge in [0.25, 0.3) is 5.91 Å². The first-order valence-corrected chi connectivity index (χ1v) is 9.11. The number of rotatable bonds is 3. The summed E-state index contributed by atoms with van der Waals surface area (Å²) in [5, 5.41) is 1.03. The van der Waals surface area contributed by atoms with Crippen molar-refractivity contribution in [1.29, 1.82) is 0 Å². The smallest absolute Gasteiger partial charge is 0.256 e. The maximum atomic E-state index is 12.9. The molecule has 1 fully saturated rings. The second-order valence-electron chi connectivity index (χ2n) is 7.18. The number of H-pyrrole nitrogens is 1. The van der Waals surface area contributed by atoms with Crippen LogP contribution in [0.3, 0.4) is 0 Å². The van der Waals surface area contributed by atoms with E-state index in [-0.39, 0.29) is 5.91 Å². The van der Waals surface area contributed by atoms with Gasteiger partial charge in [-0.25, -0.2) is 0 Å². The number of carbonyl (C=O) groups excluding carboxylic acids is 1. The molecule has 0 unspecified atom stereocenters. The van der Waals surface area contributed by atoms with E-state index < -0.39 is 0 Å². The molecule has 1 aliphatic rings. The Bertz CT molecular complexity index is 873. The minimum absolute atomic E-state index is 0.160. The zero-order valence-electron chi connectivity index (χ0n) is 14.7. The minimum Gasteiger partial charge on any atom is -0.360 e. The molecular weight excluding hydrogens is 308 g/mol. The van der Waals surface area contributed by atoms with Gasteiger partial charge in [-0.15, -0.1) is 0 Å². The molecule has 2 heterocycles. The Morgan fingerprint density at radius 2 is 1.88 bits per heavy atom. The second-order valence-corrected chi connectivity index (χ2v) is 7.18. The van der Waals surface area contributed by atoms with Crippen LogP contribution in [0.25, 0.3) is 10.9 Å². The first kappa shape index (κ1) is 15.9. The van der Waals surface area contributed by atoms with Gasteiger partial charge < -0.3 is 9.88 Å². The van der Waals surface area contributed by atoms with Crippen molar-refractivity contribution in [2.24, 2.45) is 5.92 Å². The lowest BCUT2D eigenvalue weighted by molar-refractivity contribution is 0.0692. The van der Waals surface area contributed by atoms with E-state index >= 15 is 0 Å². The molecule has 1 aliphatic heterocycles. The van der Waals surface area contributed by atoms with Crippen LogP contribution in [-0.4, -0.2) is 28.9 Å².